The van der Waals surface area contributed by atoms with Gasteiger partial charge in [-0.2, -0.15) is 0 Å². The number of hydrogen-bond acceptors (Lipinski definition) is 4. The van der Waals surface area contributed by atoms with Crippen LogP contribution in [-0.4, -0.2) is 36.0 Å². The van der Waals surface area contributed by atoms with Crippen molar-refractivity contribution >= 4 is 11.7 Å². The molecule has 0 unspecified atom stereocenters. The number of Topliss-reactive ketones (excluding diaryl/α,β-unsaturated/α-hetero) is 1. The summed E-state index contributed by atoms with van der Waals surface area (Å²) in [6, 6.07) is -1.22. The maximum Gasteiger partial charge on any atom is 0.239 e. The topological polar surface area (TPSA) is 81.4 Å². The van der Waals surface area contributed by atoms with Crippen molar-refractivity contribution in [2.45, 2.75) is 65.6 Å². The molecule has 0 heterocycles. The first-order valence-electron chi connectivity index (χ1n) is 6.73. The van der Waals surface area contributed by atoms with E-state index < -0.39 is 12.1 Å². The summed E-state index contributed by atoms with van der Waals surface area (Å²) in [6.07, 6.45) is 0.619. The summed E-state index contributed by atoms with van der Waals surface area (Å²) in [5.41, 5.74) is 5.42. The van der Waals surface area contributed by atoms with E-state index in [4.69, 9.17) is 10.5 Å². The maximum atomic E-state index is 11.9. The summed E-state index contributed by atoms with van der Waals surface area (Å²) in [5.74, 6) is -0.0626. The highest BCUT2D eigenvalue weighted by atomic mass is 16.5. The zero-order chi connectivity index (χ0) is 15.2. The van der Waals surface area contributed by atoms with Crippen molar-refractivity contribution in [2.75, 3.05) is 6.61 Å². The normalized spacial score (nSPS) is 15.2. The first kappa shape index (κ1) is 18.1. The molecule has 0 rings (SSSR count). The van der Waals surface area contributed by atoms with Gasteiger partial charge in [-0.05, 0) is 40.0 Å². The fourth-order valence-electron chi connectivity index (χ4n) is 1.49. The van der Waals surface area contributed by atoms with Crippen molar-refractivity contribution < 1.29 is 14.3 Å². The van der Waals surface area contributed by atoms with Crippen molar-refractivity contribution in [3.8, 4) is 0 Å². The maximum absolute atomic E-state index is 11.9. The van der Waals surface area contributed by atoms with E-state index >= 15 is 0 Å². The molecule has 1 amide bonds. The number of nitrogens with two attached hydrogens (primary N) is 1. The summed E-state index contributed by atoms with van der Waals surface area (Å²) in [7, 11) is 0. The number of carbonyl (C=O) groups excluding carboxylic acids is 2. The molecule has 0 aromatic heterocycles. The van der Waals surface area contributed by atoms with Gasteiger partial charge in [0.05, 0.1) is 18.2 Å². The zero-order valence-corrected chi connectivity index (χ0v) is 12.9. The molecule has 0 saturated heterocycles. The van der Waals surface area contributed by atoms with Crippen LogP contribution in [0.2, 0.25) is 0 Å². The van der Waals surface area contributed by atoms with Gasteiger partial charge < -0.3 is 15.8 Å². The Morgan fingerprint density at radius 2 is 1.79 bits per heavy atom. The van der Waals surface area contributed by atoms with Gasteiger partial charge in [0.25, 0.3) is 0 Å². The average Bonchev–Trinajstić information content (AvgIpc) is 2.22. The van der Waals surface area contributed by atoms with Gasteiger partial charge in [-0.15, -0.1) is 0 Å². The summed E-state index contributed by atoms with van der Waals surface area (Å²) in [6.45, 7) is 11.3. The molecule has 0 aliphatic heterocycles. The molecular formula is C14H28N2O3. The first-order chi connectivity index (χ1) is 8.53. The molecule has 0 aromatic carbocycles. The Hall–Kier alpha value is -0.940. The van der Waals surface area contributed by atoms with Crippen LogP contribution in [0.1, 0.15) is 48.0 Å². The van der Waals surface area contributed by atoms with Crippen LogP contribution in [0.4, 0.5) is 0 Å². The lowest BCUT2D eigenvalue weighted by Crippen LogP contribution is -2.50. The quantitative estimate of drug-likeness (QED) is 0.731. The smallest absolute Gasteiger partial charge is 0.239 e. The fourth-order valence-corrected chi connectivity index (χ4v) is 1.49. The highest BCUT2D eigenvalue weighted by molar-refractivity contribution is 5.89. The largest absolute Gasteiger partial charge is 0.374 e. The summed E-state index contributed by atoms with van der Waals surface area (Å²) >= 11 is 0. The van der Waals surface area contributed by atoms with Gasteiger partial charge in [0.2, 0.25) is 5.91 Å². The van der Waals surface area contributed by atoms with Crippen LogP contribution in [0, 0.1) is 5.92 Å². The SMILES string of the molecule is CC(=O)[C@H](CC(C)C)NC(=O)[C@@H](N)COC(C)(C)C. The lowest BCUT2D eigenvalue weighted by atomic mass is 10.0. The minimum Gasteiger partial charge on any atom is -0.374 e. The summed E-state index contributed by atoms with van der Waals surface area (Å²) in [5, 5.41) is 2.69. The number of amides is 1. The number of rotatable bonds is 7. The highest BCUT2D eigenvalue weighted by Crippen LogP contribution is 2.08. The Kier molecular flexibility index (Phi) is 7.23. The zero-order valence-electron chi connectivity index (χ0n) is 12.9. The molecule has 0 aromatic rings. The van der Waals surface area contributed by atoms with E-state index in [1.165, 1.54) is 6.92 Å². The van der Waals surface area contributed by atoms with E-state index in [-0.39, 0.29) is 23.9 Å². The number of ether oxygens (including phenoxy) is 1. The standard InChI is InChI=1S/C14H28N2O3/c1-9(2)7-12(10(3)17)16-13(18)11(15)8-19-14(4,5)6/h9,11-12H,7-8,15H2,1-6H3,(H,16,18)/t11-,12-/m0/s1. The van der Waals surface area contributed by atoms with Crippen LogP contribution >= 0.6 is 0 Å². The van der Waals surface area contributed by atoms with E-state index in [0.29, 0.717) is 12.3 Å². The van der Waals surface area contributed by atoms with E-state index in [0.717, 1.165) is 0 Å². The second kappa shape index (κ2) is 7.60. The van der Waals surface area contributed by atoms with E-state index in [9.17, 15) is 9.59 Å². The van der Waals surface area contributed by atoms with Gasteiger partial charge in [-0.3, -0.25) is 9.59 Å². The Balaban J connectivity index is 4.35. The summed E-state index contributed by atoms with van der Waals surface area (Å²) in [4.78, 5) is 23.4. The van der Waals surface area contributed by atoms with Crippen molar-refractivity contribution in [3.63, 3.8) is 0 Å². The van der Waals surface area contributed by atoms with Crippen LogP contribution in [-0.2, 0) is 14.3 Å². The van der Waals surface area contributed by atoms with E-state index in [1.54, 1.807) is 0 Å². The molecule has 112 valence electrons. The molecule has 3 N–H and O–H groups in total. The van der Waals surface area contributed by atoms with Gasteiger partial charge >= 0.3 is 0 Å². The third kappa shape index (κ3) is 8.72. The molecule has 0 aliphatic carbocycles. The third-order valence-electron chi connectivity index (χ3n) is 2.55. The van der Waals surface area contributed by atoms with Crippen molar-refractivity contribution in [2.24, 2.45) is 11.7 Å². The minimum atomic E-state index is -0.756. The lowest BCUT2D eigenvalue weighted by Gasteiger charge is -2.24. The molecule has 19 heavy (non-hydrogen) atoms. The molecule has 5 heteroatoms. The van der Waals surface area contributed by atoms with Gasteiger partial charge in [0.15, 0.2) is 5.78 Å². The van der Waals surface area contributed by atoms with E-state index in [1.807, 2.05) is 34.6 Å². The van der Waals surface area contributed by atoms with Crippen molar-refractivity contribution in [1.29, 1.82) is 0 Å². The fraction of sp³-hybridized carbons (Fsp3) is 0.857. The van der Waals surface area contributed by atoms with Crippen LogP contribution < -0.4 is 11.1 Å². The average molecular weight is 272 g/mol. The molecule has 0 spiro atoms. The van der Waals surface area contributed by atoms with Crippen LogP contribution in [0.3, 0.4) is 0 Å². The number of ketones is 1. The number of hydrogen-bond donors (Lipinski definition) is 2. The monoisotopic (exact) mass is 272 g/mol. The lowest BCUT2D eigenvalue weighted by molar-refractivity contribution is -0.130. The third-order valence-corrected chi connectivity index (χ3v) is 2.55. The molecule has 0 bridgehead atoms. The van der Waals surface area contributed by atoms with Gasteiger partial charge in [0.1, 0.15) is 6.04 Å². The van der Waals surface area contributed by atoms with Gasteiger partial charge in [0, 0.05) is 0 Å². The number of nitrogens with one attached hydrogen (secondary N) is 1. The first-order valence-corrected chi connectivity index (χ1v) is 6.73. The van der Waals surface area contributed by atoms with Crippen LogP contribution in [0.25, 0.3) is 0 Å². The van der Waals surface area contributed by atoms with Crippen LogP contribution in [0.5, 0.6) is 0 Å². The van der Waals surface area contributed by atoms with Crippen LogP contribution in [0.15, 0.2) is 0 Å². The van der Waals surface area contributed by atoms with E-state index in [2.05, 4.69) is 5.32 Å². The Morgan fingerprint density at radius 3 is 2.16 bits per heavy atom. The van der Waals surface area contributed by atoms with Gasteiger partial charge in [-0.25, -0.2) is 0 Å². The second-order valence-corrected chi connectivity index (χ2v) is 6.33. The molecule has 2 atom stereocenters. The minimum absolute atomic E-state index is 0.0500. The molecule has 0 fully saturated rings. The second-order valence-electron chi connectivity index (χ2n) is 6.33. The summed E-state index contributed by atoms with van der Waals surface area (Å²) < 4.78 is 5.46. The molecule has 5 nitrogen and oxygen atoms in total. The number of carbonyl (C=O) groups is 2. The molecule has 0 aliphatic rings. The predicted octanol–water partition coefficient (Wildman–Crippen LogP) is 1.25. The highest BCUT2D eigenvalue weighted by Gasteiger charge is 2.23. The van der Waals surface area contributed by atoms with Gasteiger partial charge in [-0.1, -0.05) is 13.8 Å². The predicted molar refractivity (Wildman–Crippen MR) is 75.7 cm³/mol. The Bertz CT molecular complexity index is 308. The molecular weight excluding hydrogens is 244 g/mol. The van der Waals surface area contributed by atoms with Crippen molar-refractivity contribution in [1.82, 2.24) is 5.32 Å². The Labute approximate surface area is 116 Å². The van der Waals surface area contributed by atoms with Crippen molar-refractivity contribution in [3.05, 3.63) is 0 Å². The molecule has 0 radical (unpaired) electrons. The Morgan fingerprint density at radius 1 is 1.26 bits per heavy atom. The molecule has 0 saturated carbocycles.